The molecule has 0 atom stereocenters. The lowest BCUT2D eigenvalue weighted by Crippen LogP contribution is -2.44. The standard InChI is InChI=1S/C12H21N5O2/c1-19-9-10(14-8-15-11(9)17-13)16-12(7-18)5-3-2-4-6-12/h8,18H,2-7,13H2,1H3,(H2,14,15,16,17). The summed E-state index contributed by atoms with van der Waals surface area (Å²) in [7, 11) is 1.54. The van der Waals surface area contributed by atoms with Crippen LogP contribution in [0.25, 0.3) is 0 Å². The quantitative estimate of drug-likeness (QED) is 0.463. The number of nitrogens with two attached hydrogens (primary N) is 1. The lowest BCUT2D eigenvalue weighted by Gasteiger charge is -2.37. The van der Waals surface area contributed by atoms with Crippen molar-refractivity contribution in [3.05, 3.63) is 6.33 Å². The van der Waals surface area contributed by atoms with Gasteiger partial charge in [0.25, 0.3) is 0 Å². The summed E-state index contributed by atoms with van der Waals surface area (Å²) < 4.78 is 5.29. The van der Waals surface area contributed by atoms with E-state index in [-0.39, 0.29) is 12.1 Å². The zero-order valence-corrected chi connectivity index (χ0v) is 11.1. The van der Waals surface area contributed by atoms with Gasteiger partial charge in [0, 0.05) is 0 Å². The fourth-order valence-corrected chi connectivity index (χ4v) is 2.56. The first-order chi connectivity index (χ1) is 9.24. The monoisotopic (exact) mass is 267 g/mol. The second-order valence-electron chi connectivity index (χ2n) is 4.87. The van der Waals surface area contributed by atoms with Crippen molar-refractivity contribution in [3.63, 3.8) is 0 Å². The van der Waals surface area contributed by atoms with Crippen LogP contribution >= 0.6 is 0 Å². The Hall–Kier alpha value is -1.60. The van der Waals surface area contributed by atoms with E-state index in [1.54, 1.807) is 0 Å². The number of nitrogens with one attached hydrogen (secondary N) is 2. The molecule has 106 valence electrons. The van der Waals surface area contributed by atoms with Crippen molar-refractivity contribution in [3.8, 4) is 5.75 Å². The van der Waals surface area contributed by atoms with Gasteiger partial charge in [-0.1, -0.05) is 19.3 Å². The first-order valence-electron chi connectivity index (χ1n) is 6.49. The Kier molecular flexibility index (Phi) is 4.39. The van der Waals surface area contributed by atoms with E-state index >= 15 is 0 Å². The Balaban J connectivity index is 2.26. The average Bonchev–Trinajstić information content (AvgIpc) is 2.48. The average molecular weight is 267 g/mol. The topological polar surface area (TPSA) is 105 Å². The maximum Gasteiger partial charge on any atom is 0.205 e. The second kappa shape index (κ2) is 6.03. The number of hydrazine groups is 1. The van der Waals surface area contributed by atoms with Crippen LogP contribution < -0.4 is 21.3 Å². The number of aliphatic hydroxyl groups is 1. The molecule has 0 aromatic carbocycles. The van der Waals surface area contributed by atoms with Crippen molar-refractivity contribution in [2.24, 2.45) is 5.84 Å². The van der Waals surface area contributed by atoms with Crippen molar-refractivity contribution in [1.82, 2.24) is 9.97 Å². The van der Waals surface area contributed by atoms with Gasteiger partial charge < -0.3 is 20.6 Å². The molecule has 1 aliphatic rings. The number of nitrogen functional groups attached to an aromatic ring is 1. The summed E-state index contributed by atoms with van der Waals surface area (Å²) in [6.45, 7) is 0.0749. The molecule has 5 N–H and O–H groups in total. The molecule has 0 saturated heterocycles. The van der Waals surface area contributed by atoms with E-state index < -0.39 is 0 Å². The minimum absolute atomic E-state index is 0.0749. The smallest absolute Gasteiger partial charge is 0.205 e. The molecule has 0 aliphatic heterocycles. The van der Waals surface area contributed by atoms with Crippen LogP contribution in [0.4, 0.5) is 11.6 Å². The molecule has 7 heteroatoms. The Morgan fingerprint density at radius 2 is 2.00 bits per heavy atom. The van der Waals surface area contributed by atoms with E-state index in [0.29, 0.717) is 17.4 Å². The predicted molar refractivity (Wildman–Crippen MR) is 72.9 cm³/mol. The van der Waals surface area contributed by atoms with Gasteiger partial charge in [-0.15, -0.1) is 0 Å². The molecule has 1 saturated carbocycles. The third-order valence-corrected chi connectivity index (χ3v) is 3.64. The molecule has 1 aromatic heterocycles. The summed E-state index contributed by atoms with van der Waals surface area (Å²) in [5.74, 6) is 6.83. The van der Waals surface area contributed by atoms with Crippen molar-refractivity contribution in [2.75, 3.05) is 24.5 Å². The molecule has 19 heavy (non-hydrogen) atoms. The highest BCUT2D eigenvalue weighted by molar-refractivity contribution is 5.63. The van der Waals surface area contributed by atoms with E-state index in [4.69, 9.17) is 10.6 Å². The third kappa shape index (κ3) is 2.87. The Labute approximate surface area is 112 Å². The lowest BCUT2D eigenvalue weighted by molar-refractivity contribution is 0.172. The number of aromatic nitrogens is 2. The summed E-state index contributed by atoms with van der Waals surface area (Å²) >= 11 is 0. The van der Waals surface area contributed by atoms with Gasteiger partial charge in [0.05, 0.1) is 19.3 Å². The summed E-state index contributed by atoms with van der Waals surface area (Å²) in [4.78, 5) is 8.19. The zero-order chi connectivity index (χ0) is 13.7. The molecule has 2 rings (SSSR count). The van der Waals surface area contributed by atoms with E-state index in [9.17, 15) is 5.11 Å². The predicted octanol–water partition coefficient (Wildman–Crippen LogP) is 0.878. The Bertz CT molecular complexity index is 421. The van der Waals surface area contributed by atoms with Crippen molar-refractivity contribution < 1.29 is 9.84 Å². The van der Waals surface area contributed by atoms with Crippen molar-refractivity contribution in [1.29, 1.82) is 0 Å². The summed E-state index contributed by atoms with van der Waals surface area (Å²) in [6.07, 6.45) is 6.66. The number of hydrogen-bond acceptors (Lipinski definition) is 7. The largest absolute Gasteiger partial charge is 0.490 e. The molecular formula is C12H21N5O2. The van der Waals surface area contributed by atoms with Gasteiger partial charge in [0.1, 0.15) is 6.33 Å². The van der Waals surface area contributed by atoms with Crippen LogP contribution in [-0.4, -0.2) is 34.3 Å². The summed E-state index contributed by atoms with van der Waals surface area (Å²) in [5, 5.41) is 13.0. The second-order valence-corrected chi connectivity index (χ2v) is 4.87. The van der Waals surface area contributed by atoms with Gasteiger partial charge in [0.15, 0.2) is 11.6 Å². The fourth-order valence-electron chi connectivity index (χ4n) is 2.56. The van der Waals surface area contributed by atoms with Crippen LogP contribution in [0.15, 0.2) is 6.33 Å². The molecule has 0 bridgehead atoms. The van der Waals surface area contributed by atoms with Crippen LogP contribution in [0.1, 0.15) is 32.1 Å². The zero-order valence-electron chi connectivity index (χ0n) is 11.1. The number of methoxy groups -OCH3 is 1. The first kappa shape index (κ1) is 13.8. The third-order valence-electron chi connectivity index (χ3n) is 3.64. The highest BCUT2D eigenvalue weighted by Crippen LogP contribution is 2.35. The number of anilines is 2. The highest BCUT2D eigenvalue weighted by atomic mass is 16.5. The maximum absolute atomic E-state index is 9.71. The lowest BCUT2D eigenvalue weighted by atomic mass is 9.82. The van der Waals surface area contributed by atoms with Crippen LogP contribution in [0, 0.1) is 0 Å². The summed E-state index contributed by atoms with van der Waals surface area (Å²) in [6, 6.07) is 0. The van der Waals surface area contributed by atoms with Crippen LogP contribution in [-0.2, 0) is 0 Å². The van der Waals surface area contributed by atoms with Gasteiger partial charge in [-0.3, -0.25) is 0 Å². The normalized spacial score (nSPS) is 17.8. The Morgan fingerprint density at radius 3 is 2.58 bits per heavy atom. The fraction of sp³-hybridized carbons (Fsp3) is 0.667. The van der Waals surface area contributed by atoms with Gasteiger partial charge in [0.2, 0.25) is 5.75 Å². The number of ether oxygens (including phenoxy) is 1. The molecule has 0 unspecified atom stereocenters. The van der Waals surface area contributed by atoms with Gasteiger partial charge in [-0.25, -0.2) is 15.8 Å². The van der Waals surface area contributed by atoms with E-state index in [0.717, 1.165) is 25.7 Å². The van der Waals surface area contributed by atoms with E-state index in [1.165, 1.54) is 19.9 Å². The molecule has 1 aromatic rings. The number of rotatable bonds is 5. The van der Waals surface area contributed by atoms with Gasteiger partial charge in [-0.2, -0.15) is 0 Å². The first-order valence-corrected chi connectivity index (χ1v) is 6.49. The molecule has 0 amide bonds. The highest BCUT2D eigenvalue weighted by Gasteiger charge is 2.32. The number of aliphatic hydroxyl groups excluding tert-OH is 1. The Morgan fingerprint density at radius 1 is 1.32 bits per heavy atom. The minimum Gasteiger partial charge on any atom is -0.490 e. The molecule has 1 heterocycles. The summed E-state index contributed by atoms with van der Waals surface area (Å²) in [5.41, 5.74) is 2.15. The molecule has 1 fully saturated rings. The number of nitrogens with zero attached hydrogens (tertiary/aromatic N) is 2. The van der Waals surface area contributed by atoms with Crippen LogP contribution in [0.2, 0.25) is 0 Å². The van der Waals surface area contributed by atoms with Gasteiger partial charge in [-0.05, 0) is 12.8 Å². The molecule has 1 aliphatic carbocycles. The maximum atomic E-state index is 9.71. The van der Waals surface area contributed by atoms with Crippen LogP contribution in [0.5, 0.6) is 5.75 Å². The minimum atomic E-state index is -0.328. The van der Waals surface area contributed by atoms with Crippen molar-refractivity contribution >= 4 is 11.6 Å². The SMILES string of the molecule is COc1c(NN)ncnc1NC1(CO)CCCCC1. The van der Waals surface area contributed by atoms with Gasteiger partial charge >= 0.3 is 0 Å². The van der Waals surface area contributed by atoms with Crippen LogP contribution in [0.3, 0.4) is 0 Å². The van der Waals surface area contributed by atoms with E-state index in [2.05, 4.69) is 20.7 Å². The molecular weight excluding hydrogens is 246 g/mol. The number of hydrogen-bond donors (Lipinski definition) is 4. The van der Waals surface area contributed by atoms with E-state index in [1.807, 2.05) is 0 Å². The van der Waals surface area contributed by atoms with Crippen molar-refractivity contribution in [2.45, 2.75) is 37.6 Å². The molecule has 0 spiro atoms. The molecule has 7 nitrogen and oxygen atoms in total. The molecule has 0 radical (unpaired) electrons.